The van der Waals surface area contributed by atoms with Crippen molar-refractivity contribution in [3.8, 4) is 0 Å². The highest BCUT2D eigenvalue weighted by atomic mass is 16.1. The normalized spacial score (nSPS) is 14.2. The van der Waals surface area contributed by atoms with E-state index in [0.29, 0.717) is 17.9 Å². The molecule has 1 N–H and O–H groups in total. The standard InChI is InChI=1S/C20H27N5O/c1-15-12-19(25-10-5-4-6-11-25)23-18(22-15)14-21-20(26)16-8-7-9-17(13-16)24(2)3/h7-9,12-13H,4-6,10-11,14H2,1-3H3,(H,21,26). The molecule has 0 saturated carbocycles. The van der Waals surface area contributed by atoms with Crippen LogP contribution in [0, 0.1) is 6.92 Å². The van der Waals surface area contributed by atoms with Crippen LogP contribution in [0.2, 0.25) is 0 Å². The van der Waals surface area contributed by atoms with Crippen molar-refractivity contribution in [2.75, 3.05) is 37.0 Å². The molecular formula is C20H27N5O. The van der Waals surface area contributed by atoms with Crippen molar-refractivity contribution < 1.29 is 4.79 Å². The number of piperidine rings is 1. The molecule has 2 aromatic rings. The van der Waals surface area contributed by atoms with Crippen molar-refractivity contribution in [1.29, 1.82) is 0 Å². The van der Waals surface area contributed by atoms with Gasteiger partial charge in [0.2, 0.25) is 0 Å². The van der Waals surface area contributed by atoms with Gasteiger partial charge in [-0.25, -0.2) is 9.97 Å². The molecule has 0 radical (unpaired) electrons. The van der Waals surface area contributed by atoms with Crippen molar-refractivity contribution in [2.24, 2.45) is 0 Å². The average Bonchev–Trinajstić information content (AvgIpc) is 2.66. The molecular weight excluding hydrogens is 326 g/mol. The first-order valence-corrected chi connectivity index (χ1v) is 9.18. The Kier molecular flexibility index (Phi) is 5.71. The summed E-state index contributed by atoms with van der Waals surface area (Å²) < 4.78 is 0. The Labute approximate surface area is 155 Å². The number of amides is 1. The van der Waals surface area contributed by atoms with Gasteiger partial charge in [0.05, 0.1) is 6.54 Å². The molecule has 1 saturated heterocycles. The monoisotopic (exact) mass is 353 g/mol. The lowest BCUT2D eigenvalue weighted by molar-refractivity contribution is 0.0950. The maximum Gasteiger partial charge on any atom is 0.251 e. The van der Waals surface area contributed by atoms with Crippen LogP contribution in [0.4, 0.5) is 11.5 Å². The predicted molar refractivity (Wildman–Crippen MR) is 105 cm³/mol. The summed E-state index contributed by atoms with van der Waals surface area (Å²) in [6.07, 6.45) is 3.70. The largest absolute Gasteiger partial charge is 0.378 e. The Morgan fingerprint density at radius 3 is 2.65 bits per heavy atom. The lowest BCUT2D eigenvalue weighted by Gasteiger charge is -2.28. The maximum atomic E-state index is 12.5. The van der Waals surface area contributed by atoms with Crippen LogP contribution < -0.4 is 15.1 Å². The molecule has 0 atom stereocenters. The number of aromatic nitrogens is 2. The van der Waals surface area contributed by atoms with Gasteiger partial charge in [-0.2, -0.15) is 0 Å². The number of carbonyl (C=O) groups excluding carboxylic acids is 1. The van der Waals surface area contributed by atoms with E-state index in [1.54, 1.807) is 0 Å². The van der Waals surface area contributed by atoms with Gasteiger partial charge in [0.25, 0.3) is 5.91 Å². The van der Waals surface area contributed by atoms with Crippen molar-refractivity contribution >= 4 is 17.4 Å². The van der Waals surface area contributed by atoms with Crippen LogP contribution in [0.15, 0.2) is 30.3 Å². The van der Waals surface area contributed by atoms with Crippen LogP contribution in [0.25, 0.3) is 0 Å². The summed E-state index contributed by atoms with van der Waals surface area (Å²) in [7, 11) is 3.92. The van der Waals surface area contributed by atoms with E-state index < -0.39 is 0 Å². The minimum Gasteiger partial charge on any atom is -0.378 e. The Morgan fingerprint density at radius 1 is 1.15 bits per heavy atom. The van der Waals surface area contributed by atoms with E-state index in [0.717, 1.165) is 30.3 Å². The number of nitrogens with zero attached hydrogens (tertiary/aromatic N) is 4. The van der Waals surface area contributed by atoms with E-state index >= 15 is 0 Å². The Balaban J connectivity index is 1.68. The molecule has 1 aliphatic heterocycles. The summed E-state index contributed by atoms with van der Waals surface area (Å²) >= 11 is 0. The molecule has 1 amide bonds. The van der Waals surface area contributed by atoms with Gasteiger partial charge in [0, 0.05) is 50.2 Å². The van der Waals surface area contributed by atoms with Gasteiger partial charge in [-0.1, -0.05) is 6.07 Å². The topological polar surface area (TPSA) is 61.4 Å². The highest BCUT2D eigenvalue weighted by molar-refractivity contribution is 5.95. The third kappa shape index (κ3) is 4.50. The molecule has 0 unspecified atom stereocenters. The lowest BCUT2D eigenvalue weighted by atomic mass is 10.1. The van der Waals surface area contributed by atoms with Crippen molar-refractivity contribution in [3.05, 3.63) is 47.4 Å². The number of carbonyl (C=O) groups is 1. The number of hydrogen-bond acceptors (Lipinski definition) is 5. The van der Waals surface area contributed by atoms with Crippen LogP contribution in [-0.2, 0) is 6.54 Å². The molecule has 1 aromatic carbocycles. The van der Waals surface area contributed by atoms with Crippen LogP contribution in [0.1, 0.15) is 41.1 Å². The van der Waals surface area contributed by atoms with Gasteiger partial charge in [-0.15, -0.1) is 0 Å². The highest BCUT2D eigenvalue weighted by Gasteiger charge is 2.14. The summed E-state index contributed by atoms with van der Waals surface area (Å²) in [6.45, 7) is 4.38. The zero-order chi connectivity index (χ0) is 18.5. The highest BCUT2D eigenvalue weighted by Crippen LogP contribution is 2.18. The smallest absolute Gasteiger partial charge is 0.251 e. The fraction of sp³-hybridized carbons (Fsp3) is 0.450. The Bertz CT molecular complexity index is 769. The second-order valence-corrected chi connectivity index (χ2v) is 6.96. The predicted octanol–water partition coefficient (Wildman–Crippen LogP) is 2.77. The SMILES string of the molecule is Cc1cc(N2CCCCC2)nc(CNC(=O)c2cccc(N(C)C)c2)n1. The van der Waals surface area contributed by atoms with E-state index in [4.69, 9.17) is 0 Å². The summed E-state index contributed by atoms with van der Waals surface area (Å²) in [5.41, 5.74) is 2.57. The fourth-order valence-electron chi connectivity index (χ4n) is 3.16. The zero-order valence-corrected chi connectivity index (χ0v) is 15.8. The van der Waals surface area contributed by atoms with Gasteiger partial charge in [-0.05, 0) is 44.4 Å². The molecule has 2 heterocycles. The van der Waals surface area contributed by atoms with Crippen LogP contribution in [0.5, 0.6) is 0 Å². The molecule has 26 heavy (non-hydrogen) atoms. The third-order valence-corrected chi connectivity index (χ3v) is 4.60. The number of aryl methyl sites for hydroxylation is 1. The summed E-state index contributed by atoms with van der Waals surface area (Å²) in [6, 6.07) is 9.59. The quantitative estimate of drug-likeness (QED) is 0.896. The number of benzene rings is 1. The van der Waals surface area contributed by atoms with Crippen LogP contribution >= 0.6 is 0 Å². The Morgan fingerprint density at radius 2 is 1.92 bits per heavy atom. The van der Waals surface area contributed by atoms with Crippen molar-refractivity contribution in [3.63, 3.8) is 0 Å². The van der Waals surface area contributed by atoms with E-state index in [-0.39, 0.29) is 5.91 Å². The fourth-order valence-corrected chi connectivity index (χ4v) is 3.16. The molecule has 1 fully saturated rings. The molecule has 138 valence electrons. The zero-order valence-electron chi connectivity index (χ0n) is 15.8. The molecule has 6 heteroatoms. The third-order valence-electron chi connectivity index (χ3n) is 4.60. The average molecular weight is 353 g/mol. The molecule has 0 bridgehead atoms. The van der Waals surface area contributed by atoms with E-state index in [2.05, 4.69) is 20.2 Å². The molecule has 1 aromatic heterocycles. The molecule has 3 rings (SSSR count). The Hall–Kier alpha value is -2.63. The first-order valence-electron chi connectivity index (χ1n) is 9.18. The second-order valence-electron chi connectivity index (χ2n) is 6.96. The number of hydrogen-bond donors (Lipinski definition) is 1. The minimum absolute atomic E-state index is 0.113. The number of rotatable bonds is 5. The second kappa shape index (κ2) is 8.17. The summed E-state index contributed by atoms with van der Waals surface area (Å²) in [5, 5.41) is 2.94. The van der Waals surface area contributed by atoms with Crippen LogP contribution in [0.3, 0.4) is 0 Å². The van der Waals surface area contributed by atoms with Crippen LogP contribution in [-0.4, -0.2) is 43.1 Å². The first-order chi connectivity index (χ1) is 12.5. The van der Waals surface area contributed by atoms with Gasteiger partial charge >= 0.3 is 0 Å². The van der Waals surface area contributed by atoms with E-state index in [1.165, 1.54) is 19.3 Å². The molecule has 6 nitrogen and oxygen atoms in total. The minimum atomic E-state index is -0.113. The number of anilines is 2. The first kappa shape index (κ1) is 18.2. The van der Waals surface area contributed by atoms with Gasteiger partial charge in [0.15, 0.2) is 0 Å². The molecule has 0 spiro atoms. The van der Waals surface area contributed by atoms with Crippen molar-refractivity contribution in [2.45, 2.75) is 32.7 Å². The van der Waals surface area contributed by atoms with E-state index in [9.17, 15) is 4.79 Å². The lowest BCUT2D eigenvalue weighted by Crippen LogP contribution is -2.31. The summed E-state index contributed by atoms with van der Waals surface area (Å²) in [4.78, 5) is 25.9. The maximum absolute atomic E-state index is 12.5. The van der Waals surface area contributed by atoms with Crippen molar-refractivity contribution in [1.82, 2.24) is 15.3 Å². The van der Waals surface area contributed by atoms with Gasteiger partial charge in [0.1, 0.15) is 11.6 Å². The summed E-state index contributed by atoms with van der Waals surface area (Å²) in [5.74, 6) is 1.51. The van der Waals surface area contributed by atoms with E-state index in [1.807, 2.05) is 56.3 Å². The van der Waals surface area contributed by atoms with Gasteiger partial charge < -0.3 is 15.1 Å². The molecule has 0 aliphatic carbocycles. The molecule has 1 aliphatic rings. The number of nitrogens with one attached hydrogen (secondary N) is 1. The van der Waals surface area contributed by atoms with Gasteiger partial charge in [-0.3, -0.25) is 4.79 Å².